The van der Waals surface area contributed by atoms with E-state index in [4.69, 9.17) is 0 Å². The maximum absolute atomic E-state index is 13.1. The maximum Gasteiger partial charge on any atom is 0.416 e. The van der Waals surface area contributed by atoms with Crippen molar-refractivity contribution in [1.29, 1.82) is 0 Å². The monoisotopic (exact) mass is 223 g/mol. The highest BCUT2D eigenvalue weighted by Crippen LogP contribution is 2.30. The van der Waals surface area contributed by atoms with E-state index in [9.17, 15) is 17.6 Å². The topological polar surface area (TPSA) is 21.3 Å². The van der Waals surface area contributed by atoms with Crippen molar-refractivity contribution in [2.75, 3.05) is 7.11 Å². The summed E-state index contributed by atoms with van der Waals surface area (Å²) in [5.74, 6) is -0.908. The summed E-state index contributed by atoms with van der Waals surface area (Å²) < 4.78 is 49.5. The van der Waals surface area contributed by atoms with Crippen molar-refractivity contribution >= 4 is 0 Å². The van der Waals surface area contributed by atoms with Crippen LogP contribution in [0, 0.1) is 5.82 Å². The molecule has 0 spiro atoms. The van der Waals surface area contributed by atoms with Crippen LogP contribution < -0.4 is 5.48 Å². The lowest BCUT2D eigenvalue weighted by atomic mass is 10.1. The normalized spacial score (nSPS) is 11.8. The van der Waals surface area contributed by atoms with Crippen molar-refractivity contribution in [3.05, 3.63) is 35.1 Å². The molecule has 1 N–H and O–H groups in total. The van der Waals surface area contributed by atoms with E-state index >= 15 is 0 Å². The van der Waals surface area contributed by atoms with Crippen LogP contribution in [0.15, 0.2) is 18.2 Å². The first-order valence-electron chi connectivity index (χ1n) is 4.06. The largest absolute Gasteiger partial charge is 0.416 e. The molecule has 0 saturated carbocycles. The van der Waals surface area contributed by atoms with Gasteiger partial charge in [-0.15, -0.1) is 0 Å². The Labute approximate surface area is 83.8 Å². The van der Waals surface area contributed by atoms with Gasteiger partial charge in [-0.3, -0.25) is 0 Å². The number of benzene rings is 1. The van der Waals surface area contributed by atoms with Crippen LogP contribution >= 0.6 is 0 Å². The molecule has 0 aliphatic carbocycles. The Kier molecular flexibility index (Phi) is 3.65. The zero-order valence-electron chi connectivity index (χ0n) is 7.86. The SMILES string of the molecule is CONCc1ccc(C(F)(F)F)cc1F. The minimum atomic E-state index is -4.52. The van der Waals surface area contributed by atoms with Gasteiger partial charge in [-0.1, -0.05) is 6.07 Å². The van der Waals surface area contributed by atoms with Crippen molar-refractivity contribution in [2.24, 2.45) is 0 Å². The molecule has 0 heterocycles. The van der Waals surface area contributed by atoms with Crippen LogP contribution in [-0.4, -0.2) is 7.11 Å². The summed E-state index contributed by atoms with van der Waals surface area (Å²) in [5, 5.41) is 0. The predicted molar refractivity (Wildman–Crippen MR) is 45.3 cm³/mol. The minimum absolute atomic E-state index is 0.0144. The van der Waals surface area contributed by atoms with Gasteiger partial charge in [0.2, 0.25) is 0 Å². The van der Waals surface area contributed by atoms with Crippen LogP contribution in [-0.2, 0) is 17.6 Å². The van der Waals surface area contributed by atoms with E-state index in [2.05, 4.69) is 10.3 Å². The summed E-state index contributed by atoms with van der Waals surface area (Å²) in [5.41, 5.74) is 1.46. The average molecular weight is 223 g/mol. The molecule has 84 valence electrons. The first-order valence-corrected chi connectivity index (χ1v) is 4.06. The van der Waals surface area contributed by atoms with Crippen molar-refractivity contribution in [2.45, 2.75) is 12.7 Å². The molecule has 1 rings (SSSR count). The number of hydroxylamine groups is 1. The van der Waals surface area contributed by atoms with Gasteiger partial charge < -0.3 is 4.84 Å². The molecule has 0 amide bonds. The molecule has 1 aromatic rings. The fraction of sp³-hybridized carbons (Fsp3) is 0.333. The van der Waals surface area contributed by atoms with Crippen LogP contribution in [0.1, 0.15) is 11.1 Å². The fourth-order valence-electron chi connectivity index (χ4n) is 1.02. The van der Waals surface area contributed by atoms with Gasteiger partial charge in [-0.25, -0.2) is 4.39 Å². The van der Waals surface area contributed by atoms with E-state index < -0.39 is 17.6 Å². The molecule has 6 heteroatoms. The van der Waals surface area contributed by atoms with Crippen molar-refractivity contribution in [3.8, 4) is 0 Å². The van der Waals surface area contributed by atoms with Gasteiger partial charge in [0, 0.05) is 12.1 Å². The molecule has 2 nitrogen and oxygen atoms in total. The molecule has 0 atom stereocenters. The van der Waals surface area contributed by atoms with E-state index in [1.54, 1.807) is 0 Å². The summed E-state index contributed by atoms with van der Waals surface area (Å²) in [7, 11) is 1.34. The number of hydrogen-bond donors (Lipinski definition) is 1. The molecule has 15 heavy (non-hydrogen) atoms. The Morgan fingerprint density at radius 1 is 1.33 bits per heavy atom. The van der Waals surface area contributed by atoms with E-state index in [-0.39, 0.29) is 12.1 Å². The summed E-state index contributed by atoms with van der Waals surface area (Å²) in [6, 6.07) is 2.37. The highest BCUT2D eigenvalue weighted by Gasteiger charge is 2.31. The zero-order chi connectivity index (χ0) is 11.5. The number of halogens is 4. The third-order valence-corrected chi connectivity index (χ3v) is 1.79. The van der Waals surface area contributed by atoms with Crippen LogP contribution in [0.3, 0.4) is 0 Å². The van der Waals surface area contributed by atoms with Crippen LogP contribution in [0.25, 0.3) is 0 Å². The zero-order valence-corrected chi connectivity index (χ0v) is 7.86. The summed E-state index contributed by atoms with van der Waals surface area (Å²) in [6.45, 7) is 0.0144. The third-order valence-electron chi connectivity index (χ3n) is 1.79. The Bertz CT molecular complexity index is 337. The summed E-state index contributed by atoms with van der Waals surface area (Å²) >= 11 is 0. The standard InChI is InChI=1S/C9H9F4NO/c1-15-14-5-6-2-3-7(4-8(6)10)9(11,12)13/h2-4,14H,5H2,1H3. The lowest BCUT2D eigenvalue weighted by Crippen LogP contribution is -2.13. The first kappa shape index (κ1) is 11.9. The van der Waals surface area contributed by atoms with Gasteiger partial charge in [0.05, 0.1) is 12.7 Å². The number of rotatable bonds is 3. The van der Waals surface area contributed by atoms with E-state index in [0.717, 1.165) is 12.1 Å². The van der Waals surface area contributed by atoms with Crippen molar-refractivity contribution < 1.29 is 22.4 Å². The molecule has 0 fully saturated rings. The third kappa shape index (κ3) is 3.17. The van der Waals surface area contributed by atoms with Gasteiger partial charge in [-0.05, 0) is 12.1 Å². The predicted octanol–water partition coefficient (Wildman–Crippen LogP) is 2.50. The van der Waals surface area contributed by atoms with E-state index in [0.29, 0.717) is 6.07 Å². The molecule has 0 radical (unpaired) electrons. The smallest absolute Gasteiger partial charge is 0.305 e. The Morgan fingerprint density at radius 2 is 2.00 bits per heavy atom. The quantitative estimate of drug-likeness (QED) is 0.628. The Balaban J connectivity index is 2.88. The molecule has 0 aliphatic heterocycles. The Morgan fingerprint density at radius 3 is 2.47 bits per heavy atom. The average Bonchev–Trinajstić information content (AvgIpc) is 2.14. The van der Waals surface area contributed by atoms with Crippen molar-refractivity contribution in [3.63, 3.8) is 0 Å². The lowest BCUT2D eigenvalue weighted by molar-refractivity contribution is -0.137. The van der Waals surface area contributed by atoms with Gasteiger partial charge in [0.1, 0.15) is 5.82 Å². The molecular weight excluding hydrogens is 214 g/mol. The Hall–Kier alpha value is -1.14. The van der Waals surface area contributed by atoms with Gasteiger partial charge >= 0.3 is 6.18 Å². The van der Waals surface area contributed by atoms with Gasteiger partial charge in [-0.2, -0.15) is 18.7 Å². The second-order valence-corrected chi connectivity index (χ2v) is 2.83. The lowest BCUT2D eigenvalue weighted by Gasteiger charge is -2.09. The summed E-state index contributed by atoms with van der Waals surface area (Å²) in [4.78, 5) is 4.46. The fourth-order valence-corrected chi connectivity index (χ4v) is 1.02. The van der Waals surface area contributed by atoms with E-state index in [1.807, 2.05) is 0 Å². The molecular formula is C9H9F4NO. The minimum Gasteiger partial charge on any atom is -0.305 e. The molecule has 0 aliphatic rings. The second kappa shape index (κ2) is 4.59. The van der Waals surface area contributed by atoms with Crippen LogP contribution in [0.5, 0.6) is 0 Å². The first-order chi connectivity index (χ1) is 6.95. The van der Waals surface area contributed by atoms with E-state index in [1.165, 1.54) is 7.11 Å². The molecule has 0 bridgehead atoms. The highest BCUT2D eigenvalue weighted by atomic mass is 19.4. The molecule has 0 unspecified atom stereocenters. The van der Waals surface area contributed by atoms with Crippen molar-refractivity contribution in [1.82, 2.24) is 5.48 Å². The van der Waals surface area contributed by atoms with Crippen LogP contribution in [0.4, 0.5) is 17.6 Å². The second-order valence-electron chi connectivity index (χ2n) is 2.83. The maximum atomic E-state index is 13.1. The number of nitrogens with one attached hydrogen (secondary N) is 1. The van der Waals surface area contributed by atoms with Gasteiger partial charge in [0.25, 0.3) is 0 Å². The van der Waals surface area contributed by atoms with Crippen LogP contribution in [0.2, 0.25) is 0 Å². The molecule has 0 aromatic heterocycles. The van der Waals surface area contributed by atoms with Gasteiger partial charge in [0.15, 0.2) is 0 Å². The number of hydrogen-bond acceptors (Lipinski definition) is 2. The number of alkyl halides is 3. The summed E-state index contributed by atoms with van der Waals surface area (Å²) in [6.07, 6.45) is -4.52. The highest BCUT2D eigenvalue weighted by molar-refractivity contribution is 5.26. The molecule has 0 saturated heterocycles. The molecule has 1 aromatic carbocycles.